The van der Waals surface area contributed by atoms with Crippen molar-refractivity contribution in [2.75, 3.05) is 25.0 Å². The Labute approximate surface area is 114 Å². The SMILES string of the molecule is Cc1ccccc1NC(=O)CNCC1CCCCO1. The molecule has 2 N–H and O–H groups in total. The van der Waals surface area contributed by atoms with Gasteiger partial charge in [-0.2, -0.15) is 0 Å². The first kappa shape index (κ1) is 14.0. The first-order valence-corrected chi connectivity index (χ1v) is 6.93. The van der Waals surface area contributed by atoms with Gasteiger partial charge in [0, 0.05) is 18.8 Å². The smallest absolute Gasteiger partial charge is 0.238 e. The molecule has 0 bridgehead atoms. The van der Waals surface area contributed by atoms with Crippen LogP contribution < -0.4 is 10.6 Å². The zero-order chi connectivity index (χ0) is 13.5. The summed E-state index contributed by atoms with van der Waals surface area (Å²) in [6.45, 7) is 3.91. The topological polar surface area (TPSA) is 50.4 Å². The number of carbonyl (C=O) groups excluding carboxylic acids is 1. The standard InChI is InChI=1S/C15H22N2O2/c1-12-6-2-3-8-14(12)17-15(18)11-16-10-13-7-4-5-9-19-13/h2-3,6,8,13,16H,4-5,7,9-11H2,1H3,(H,17,18). The number of hydrogen-bond donors (Lipinski definition) is 2. The Morgan fingerprint density at radius 2 is 2.21 bits per heavy atom. The van der Waals surface area contributed by atoms with E-state index < -0.39 is 0 Å². The van der Waals surface area contributed by atoms with Crippen LogP contribution in [-0.2, 0) is 9.53 Å². The fourth-order valence-corrected chi connectivity index (χ4v) is 2.22. The Morgan fingerprint density at radius 1 is 1.37 bits per heavy atom. The summed E-state index contributed by atoms with van der Waals surface area (Å²) in [6, 6.07) is 7.78. The maximum atomic E-state index is 11.8. The van der Waals surface area contributed by atoms with Gasteiger partial charge in [0.2, 0.25) is 5.91 Å². The van der Waals surface area contributed by atoms with Gasteiger partial charge in [-0.05, 0) is 37.8 Å². The highest BCUT2D eigenvalue weighted by Crippen LogP contribution is 2.13. The van der Waals surface area contributed by atoms with Gasteiger partial charge in [-0.3, -0.25) is 4.79 Å². The normalized spacial score (nSPS) is 19.1. The monoisotopic (exact) mass is 262 g/mol. The maximum absolute atomic E-state index is 11.8. The Kier molecular flexibility index (Phi) is 5.36. The van der Waals surface area contributed by atoms with Crippen LogP contribution in [0.2, 0.25) is 0 Å². The number of rotatable bonds is 5. The second-order valence-electron chi connectivity index (χ2n) is 4.98. The van der Waals surface area contributed by atoms with E-state index in [1.54, 1.807) is 0 Å². The molecular formula is C15H22N2O2. The number of anilines is 1. The van der Waals surface area contributed by atoms with Crippen molar-refractivity contribution in [3.8, 4) is 0 Å². The second-order valence-corrected chi connectivity index (χ2v) is 4.98. The molecule has 1 aliphatic rings. The molecule has 2 rings (SSSR count). The minimum atomic E-state index is -0.00916. The lowest BCUT2D eigenvalue weighted by molar-refractivity contribution is -0.115. The molecular weight excluding hydrogens is 240 g/mol. The fourth-order valence-electron chi connectivity index (χ4n) is 2.22. The van der Waals surface area contributed by atoms with Crippen molar-refractivity contribution in [3.05, 3.63) is 29.8 Å². The van der Waals surface area contributed by atoms with E-state index in [0.717, 1.165) is 37.2 Å². The summed E-state index contributed by atoms with van der Waals surface area (Å²) in [5.74, 6) is -0.00916. The number of benzene rings is 1. The van der Waals surface area contributed by atoms with E-state index in [0.29, 0.717) is 6.54 Å². The van der Waals surface area contributed by atoms with Gasteiger partial charge in [0.05, 0.1) is 12.6 Å². The number of ether oxygens (including phenoxy) is 1. The summed E-state index contributed by atoms with van der Waals surface area (Å²) in [5.41, 5.74) is 1.95. The van der Waals surface area contributed by atoms with Crippen molar-refractivity contribution in [2.45, 2.75) is 32.3 Å². The third-order valence-electron chi connectivity index (χ3n) is 3.35. The Morgan fingerprint density at radius 3 is 2.95 bits per heavy atom. The lowest BCUT2D eigenvalue weighted by Crippen LogP contribution is -2.36. The highest BCUT2D eigenvalue weighted by atomic mass is 16.5. The summed E-state index contributed by atoms with van der Waals surface area (Å²) in [6.07, 6.45) is 3.73. The lowest BCUT2D eigenvalue weighted by Gasteiger charge is -2.22. The molecule has 1 heterocycles. The van der Waals surface area contributed by atoms with E-state index in [4.69, 9.17) is 4.74 Å². The van der Waals surface area contributed by atoms with Crippen LogP contribution >= 0.6 is 0 Å². The first-order valence-electron chi connectivity index (χ1n) is 6.93. The minimum Gasteiger partial charge on any atom is -0.377 e. The van der Waals surface area contributed by atoms with E-state index in [1.807, 2.05) is 31.2 Å². The molecule has 1 aromatic carbocycles. The van der Waals surface area contributed by atoms with Crippen LogP contribution in [0, 0.1) is 6.92 Å². The van der Waals surface area contributed by atoms with E-state index in [-0.39, 0.29) is 12.0 Å². The molecule has 1 aromatic rings. The third kappa shape index (κ3) is 4.65. The molecule has 0 aliphatic carbocycles. The van der Waals surface area contributed by atoms with Crippen molar-refractivity contribution >= 4 is 11.6 Å². The molecule has 0 spiro atoms. The minimum absolute atomic E-state index is 0.00916. The molecule has 0 saturated carbocycles. The van der Waals surface area contributed by atoms with Gasteiger partial charge in [-0.15, -0.1) is 0 Å². The summed E-state index contributed by atoms with van der Waals surface area (Å²) in [4.78, 5) is 11.8. The van der Waals surface area contributed by atoms with E-state index in [2.05, 4.69) is 10.6 Å². The van der Waals surface area contributed by atoms with Crippen molar-refractivity contribution in [3.63, 3.8) is 0 Å². The Hall–Kier alpha value is -1.39. The van der Waals surface area contributed by atoms with Crippen molar-refractivity contribution < 1.29 is 9.53 Å². The highest BCUT2D eigenvalue weighted by molar-refractivity contribution is 5.92. The zero-order valence-corrected chi connectivity index (χ0v) is 11.4. The van der Waals surface area contributed by atoms with Crippen LogP contribution in [0.3, 0.4) is 0 Å². The molecule has 1 atom stereocenters. The van der Waals surface area contributed by atoms with Crippen LogP contribution in [0.1, 0.15) is 24.8 Å². The number of carbonyl (C=O) groups is 1. The molecule has 1 fully saturated rings. The van der Waals surface area contributed by atoms with Gasteiger partial charge >= 0.3 is 0 Å². The van der Waals surface area contributed by atoms with E-state index >= 15 is 0 Å². The molecule has 104 valence electrons. The maximum Gasteiger partial charge on any atom is 0.238 e. The molecule has 0 radical (unpaired) electrons. The molecule has 4 nitrogen and oxygen atoms in total. The average Bonchev–Trinajstić information content (AvgIpc) is 2.43. The summed E-state index contributed by atoms with van der Waals surface area (Å²) in [7, 11) is 0. The predicted molar refractivity (Wildman–Crippen MR) is 76.3 cm³/mol. The quantitative estimate of drug-likeness (QED) is 0.854. The Bertz CT molecular complexity index is 414. The van der Waals surface area contributed by atoms with Gasteiger partial charge in [-0.1, -0.05) is 18.2 Å². The van der Waals surface area contributed by atoms with Crippen molar-refractivity contribution in [1.29, 1.82) is 0 Å². The number of hydrogen-bond acceptors (Lipinski definition) is 3. The van der Waals surface area contributed by atoms with Crippen LogP contribution in [0.25, 0.3) is 0 Å². The number of para-hydroxylation sites is 1. The summed E-state index contributed by atoms with van der Waals surface area (Å²) >= 11 is 0. The molecule has 1 unspecified atom stereocenters. The third-order valence-corrected chi connectivity index (χ3v) is 3.35. The van der Waals surface area contributed by atoms with Gasteiger partial charge in [0.25, 0.3) is 0 Å². The van der Waals surface area contributed by atoms with Crippen molar-refractivity contribution in [1.82, 2.24) is 5.32 Å². The second kappa shape index (κ2) is 7.26. The molecule has 1 aliphatic heterocycles. The highest BCUT2D eigenvalue weighted by Gasteiger charge is 2.13. The van der Waals surface area contributed by atoms with Gasteiger partial charge in [0.1, 0.15) is 0 Å². The van der Waals surface area contributed by atoms with Crippen molar-refractivity contribution in [2.24, 2.45) is 0 Å². The van der Waals surface area contributed by atoms with E-state index in [9.17, 15) is 4.79 Å². The number of amides is 1. The van der Waals surface area contributed by atoms with Crippen LogP contribution in [0.5, 0.6) is 0 Å². The van der Waals surface area contributed by atoms with Gasteiger partial charge < -0.3 is 15.4 Å². The number of aryl methyl sites for hydroxylation is 1. The molecule has 0 aromatic heterocycles. The molecule has 1 saturated heterocycles. The molecule has 19 heavy (non-hydrogen) atoms. The fraction of sp³-hybridized carbons (Fsp3) is 0.533. The summed E-state index contributed by atoms with van der Waals surface area (Å²) in [5, 5.41) is 6.06. The molecule has 1 amide bonds. The lowest BCUT2D eigenvalue weighted by atomic mass is 10.1. The Balaban J connectivity index is 1.68. The summed E-state index contributed by atoms with van der Waals surface area (Å²) < 4.78 is 5.60. The molecule has 4 heteroatoms. The first-order chi connectivity index (χ1) is 9.25. The van der Waals surface area contributed by atoms with Crippen LogP contribution in [0.15, 0.2) is 24.3 Å². The van der Waals surface area contributed by atoms with Crippen LogP contribution in [0.4, 0.5) is 5.69 Å². The van der Waals surface area contributed by atoms with Crippen LogP contribution in [-0.4, -0.2) is 31.7 Å². The largest absolute Gasteiger partial charge is 0.377 e. The predicted octanol–water partition coefficient (Wildman–Crippen LogP) is 2.09. The average molecular weight is 262 g/mol. The van der Waals surface area contributed by atoms with Gasteiger partial charge in [-0.25, -0.2) is 0 Å². The van der Waals surface area contributed by atoms with Gasteiger partial charge in [0.15, 0.2) is 0 Å². The van der Waals surface area contributed by atoms with E-state index in [1.165, 1.54) is 6.42 Å². The zero-order valence-electron chi connectivity index (χ0n) is 11.4. The number of nitrogens with one attached hydrogen (secondary N) is 2.